The predicted octanol–water partition coefficient (Wildman–Crippen LogP) is 3.34. The van der Waals surface area contributed by atoms with Crippen LogP contribution in [0.3, 0.4) is 0 Å². The molecule has 6 heteroatoms. The van der Waals surface area contributed by atoms with E-state index in [2.05, 4.69) is 39.7 Å². The summed E-state index contributed by atoms with van der Waals surface area (Å²) in [6.45, 7) is 6.38. The lowest BCUT2D eigenvalue weighted by atomic mass is 10.1. The lowest BCUT2D eigenvalue weighted by molar-refractivity contribution is -0.384. The molecule has 0 bridgehead atoms. The number of nitrogens with one attached hydrogen (secondary N) is 1. The normalized spacial score (nSPS) is 17.1. The maximum atomic E-state index is 11.1. The zero-order chi connectivity index (χ0) is 14.5. The number of halogens is 1. The number of likely N-dealkylation sites (tertiary alicyclic amines) is 1. The molecule has 1 unspecified atom stereocenters. The Morgan fingerprint density at radius 2 is 2.15 bits per heavy atom. The second-order valence-electron chi connectivity index (χ2n) is 5.41. The van der Waals surface area contributed by atoms with Crippen molar-refractivity contribution in [2.24, 2.45) is 5.92 Å². The Morgan fingerprint density at radius 3 is 2.80 bits per heavy atom. The Bertz CT molecular complexity index is 475. The maximum Gasteiger partial charge on any atom is 0.293 e. The lowest BCUT2D eigenvalue weighted by Gasteiger charge is -2.20. The molecule has 1 aliphatic heterocycles. The first kappa shape index (κ1) is 15.5. The van der Waals surface area contributed by atoms with Gasteiger partial charge in [-0.1, -0.05) is 6.92 Å². The fraction of sp³-hybridized carbons (Fsp3) is 0.571. The van der Waals surface area contributed by atoms with Gasteiger partial charge >= 0.3 is 0 Å². The van der Waals surface area contributed by atoms with Gasteiger partial charge in [0.25, 0.3) is 5.69 Å². The van der Waals surface area contributed by atoms with Crippen molar-refractivity contribution in [2.45, 2.75) is 19.8 Å². The molecule has 1 aromatic carbocycles. The van der Waals surface area contributed by atoms with Gasteiger partial charge in [0.2, 0.25) is 0 Å². The van der Waals surface area contributed by atoms with Crippen molar-refractivity contribution in [2.75, 3.05) is 31.5 Å². The number of rotatable bonds is 6. The van der Waals surface area contributed by atoms with Crippen molar-refractivity contribution in [3.63, 3.8) is 0 Å². The first-order valence-electron chi connectivity index (χ1n) is 6.96. The highest BCUT2D eigenvalue weighted by Crippen LogP contribution is 2.26. The number of anilines is 1. The summed E-state index contributed by atoms with van der Waals surface area (Å²) >= 11 is 2.09. The number of nitrogens with zero attached hydrogens (tertiary/aromatic N) is 2. The van der Waals surface area contributed by atoms with Crippen LogP contribution in [0.2, 0.25) is 0 Å². The Kier molecular flexibility index (Phi) is 5.59. The molecule has 1 atom stereocenters. The highest BCUT2D eigenvalue weighted by Gasteiger charge is 2.17. The van der Waals surface area contributed by atoms with Gasteiger partial charge in [-0.3, -0.25) is 10.1 Å². The fourth-order valence-electron chi connectivity index (χ4n) is 2.56. The van der Waals surface area contributed by atoms with E-state index in [4.69, 9.17) is 0 Å². The first-order chi connectivity index (χ1) is 9.56. The third-order valence-electron chi connectivity index (χ3n) is 3.57. The van der Waals surface area contributed by atoms with Crippen molar-refractivity contribution >= 4 is 34.0 Å². The SMILES string of the molecule is CC(CNc1ccc(I)cc1[N+](=O)[O-])CN1CCCC1. The number of benzene rings is 1. The van der Waals surface area contributed by atoms with Gasteiger partial charge < -0.3 is 10.2 Å². The predicted molar refractivity (Wildman–Crippen MR) is 89.1 cm³/mol. The molecule has 0 spiro atoms. The summed E-state index contributed by atoms with van der Waals surface area (Å²) in [5.74, 6) is 0.479. The summed E-state index contributed by atoms with van der Waals surface area (Å²) in [5.41, 5.74) is 0.772. The topological polar surface area (TPSA) is 58.4 Å². The molecule has 1 fully saturated rings. The van der Waals surface area contributed by atoms with Crippen LogP contribution in [-0.4, -0.2) is 36.0 Å². The molecule has 5 nitrogen and oxygen atoms in total. The fourth-order valence-corrected chi connectivity index (χ4v) is 3.03. The Hall–Kier alpha value is -0.890. The average Bonchev–Trinajstić information content (AvgIpc) is 2.90. The minimum absolute atomic E-state index is 0.158. The van der Waals surface area contributed by atoms with Crippen LogP contribution < -0.4 is 5.32 Å². The van der Waals surface area contributed by atoms with Crippen LogP contribution in [-0.2, 0) is 0 Å². The van der Waals surface area contributed by atoms with Crippen molar-refractivity contribution in [3.05, 3.63) is 31.9 Å². The lowest BCUT2D eigenvalue weighted by Crippen LogP contribution is -2.28. The molecule has 1 saturated heterocycles. The van der Waals surface area contributed by atoms with Crippen LogP contribution in [0.5, 0.6) is 0 Å². The summed E-state index contributed by atoms with van der Waals surface area (Å²) in [4.78, 5) is 13.2. The summed E-state index contributed by atoms with van der Waals surface area (Å²) < 4.78 is 0.880. The monoisotopic (exact) mass is 389 g/mol. The summed E-state index contributed by atoms with van der Waals surface area (Å²) in [7, 11) is 0. The summed E-state index contributed by atoms with van der Waals surface area (Å²) in [5, 5.41) is 14.3. The van der Waals surface area contributed by atoms with E-state index in [-0.39, 0.29) is 10.6 Å². The molecule has 1 aromatic rings. The average molecular weight is 389 g/mol. The van der Waals surface area contributed by atoms with Crippen LogP contribution in [0.15, 0.2) is 18.2 Å². The molecule has 1 heterocycles. The van der Waals surface area contributed by atoms with Gasteiger partial charge in [-0.15, -0.1) is 0 Å². The van der Waals surface area contributed by atoms with Gasteiger partial charge in [-0.25, -0.2) is 0 Å². The van der Waals surface area contributed by atoms with Crippen LogP contribution in [0.1, 0.15) is 19.8 Å². The molecular formula is C14H20IN3O2. The highest BCUT2D eigenvalue weighted by molar-refractivity contribution is 14.1. The first-order valence-corrected chi connectivity index (χ1v) is 8.04. The molecule has 1 aliphatic rings. The molecule has 0 aromatic heterocycles. The minimum Gasteiger partial charge on any atom is -0.379 e. The standard InChI is InChI=1S/C14H20IN3O2/c1-11(10-17-6-2-3-7-17)9-16-13-5-4-12(15)8-14(13)18(19)20/h4-5,8,11,16H,2-3,6-7,9-10H2,1H3. The Labute approximate surface area is 133 Å². The van der Waals surface area contributed by atoms with E-state index in [0.29, 0.717) is 11.6 Å². The molecule has 2 rings (SSSR count). The molecule has 110 valence electrons. The highest BCUT2D eigenvalue weighted by atomic mass is 127. The van der Waals surface area contributed by atoms with Crippen molar-refractivity contribution < 1.29 is 4.92 Å². The quantitative estimate of drug-likeness (QED) is 0.461. The molecule has 0 radical (unpaired) electrons. The summed E-state index contributed by atoms with van der Waals surface area (Å²) in [6.07, 6.45) is 2.59. The molecule has 0 amide bonds. The van der Waals surface area contributed by atoms with E-state index in [9.17, 15) is 10.1 Å². The largest absolute Gasteiger partial charge is 0.379 e. The van der Waals surface area contributed by atoms with Crippen LogP contribution in [0, 0.1) is 19.6 Å². The van der Waals surface area contributed by atoms with Crippen molar-refractivity contribution in [1.29, 1.82) is 0 Å². The van der Waals surface area contributed by atoms with Crippen molar-refractivity contribution in [3.8, 4) is 0 Å². The zero-order valence-corrected chi connectivity index (χ0v) is 13.8. The summed E-state index contributed by atoms with van der Waals surface area (Å²) in [6, 6.07) is 5.29. The van der Waals surface area contributed by atoms with E-state index >= 15 is 0 Å². The van der Waals surface area contributed by atoms with Gasteiger partial charge in [0.1, 0.15) is 5.69 Å². The van der Waals surface area contributed by atoms with E-state index in [1.807, 2.05) is 6.07 Å². The van der Waals surface area contributed by atoms with Crippen LogP contribution in [0.4, 0.5) is 11.4 Å². The van der Waals surface area contributed by atoms with E-state index in [1.165, 1.54) is 25.9 Å². The third kappa shape index (κ3) is 4.31. The van der Waals surface area contributed by atoms with Gasteiger partial charge in [-0.2, -0.15) is 0 Å². The van der Waals surface area contributed by atoms with E-state index in [0.717, 1.165) is 16.7 Å². The second-order valence-corrected chi connectivity index (χ2v) is 6.66. The van der Waals surface area contributed by atoms with Gasteiger partial charge in [-0.05, 0) is 66.6 Å². The smallest absolute Gasteiger partial charge is 0.293 e. The molecule has 20 heavy (non-hydrogen) atoms. The molecule has 0 aliphatic carbocycles. The number of nitro benzene ring substituents is 1. The van der Waals surface area contributed by atoms with Gasteiger partial charge in [0.15, 0.2) is 0 Å². The molecule has 1 N–H and O–H groups in total. The van der Waals surface area contributed by atoms with Crippen LogP contribution in [0.25, 0.3) is 0 Å². The Morgan fingerprint density at radius 1 is 1.45 bits per heavy atom. The maximum absolute atomic E-state index is 11.1. The zero-order valence-electron chi connectivity index (χ0n) is 11.6. The number of hydrogen-bond donors (Lipinski definition) is 1. The van der Waals surface area contributed by atoms with E-state index in [1.54, 1.807) is 12.1 Å². The number of hydrogen-bond acceptors (Lipinski definition) is 4. The van der Waals surface area contributed by atoms with Gasteiger partial charge in [0, 0.05) is 22.7 Å². The third-order valence-corrected chi connectivity index (χ3v) is 4.24. The van der Waals surface area contributed by atoms with Crippen molar-refractivity contribution in [1.82, 2.24) is 4.90 Å². The molecular weight excluding hydrogens is 369 g/mol. The second kappa shape index (κ2) is 7.21. The van der Waals surface area contributed by atoms with E-state index < -0.39 is 0 Å². The Balaban J connectivity index is 1.91. The number of nitro groups is 1. The minimum atomic E-state index is -0.324. The van der Waals surface area contributed by atoms with Gasteiger partial charge in [0.05, 0.1) is 4.92 Å². The van der Waals surface area contributed by atoms with Crippen LogP contribution >= 0.6 is 22.6 Å². The molecule has 0 saturated carbocycles.